The van der Waals surface area contributed by atoms with Crippen LogP contribution in [0.5, 0.6) is 0 Å². The lowest BCUT2D eigenvalue weighted by Crippen LogP contribution is -2.29. The lowest BCUT2D eigenvalue weighted by atomic mass is 10.2. The number of aromatic nitrogens is 2. The molecule has 0 aromatic carbocycles. The van der Waals surface area contributed by atoms with Gasteiger partial charge in [-0.25, -0.2) is 0 Å². The quantitative estimate of drug-likeness (QED) is 0.685. The van der Waals surface area contributed by atoms with E-state index in [9.17, 15) is 0 Å². The zero-order valence-electron chi connectivity index (χ0n) is 10.3. The van der Waals surface area contributed by atoms with Crippen LogP contribution in [0.1, 0.15) is 25.5 Å². The average molecular weight is 288 g/mol. The summed E-state index contributed by atoms with van der Waals surface area (Å²) in [7, 11) is 2.01. The highest BCUT2D eigenvalue weighted by Crippen LogP contribution is 2.02. The van der Waals surface area contributed by atoms with Crippen molar-refractivity contribution in [3.63, 3.8) is 0 Å². The van der Waals surface area contributed by atoms with Crippen molar-refractivity contribution in [1.29, 1.82) is 0 Å². The molecule has 0 bridgehead atoms. The smallest absolute Gasteiger partial charge is 0.0492 e. The molecule has 1 heterocycles. The van der Waals surface area contributed by atoms with E-state index in [1.807, 2.05) is 17.9 Å². The third-order valence-corrected chi connectivity index (χ3v) is 3.19. The van der Waals surface area contributed by atoms with Gasteiger partial charge in [0.1, 0.15) is 0 Å². The number of rotatable bonds is 8. The van der Waals surface area contributed by atoms with Gasteiger partial charge in [0, 0.05) is 43.8 Å². The molecule has 1 aromatic heterocycles. The van der Waals surface area contributed by atoms with Gasteiger partial charge < -0.3 is 4.90 Å². The summed E-state index contributed by atoms with van der Waals surface area (Å²) in [6.45, 7) is 5.72. The summed E-state index contributed by atoms with van der Waals surface area (Å²) in [5.74, 6) is 0. The Morgan fingerprint density at radius 2 is 2.19 bits per heavy atom. The van der Waals surface area contributed by atoms with Gasteiger partial charge in [-0.05, 0) is 19.0 Å². The first-order valence-corrected chi connectivity index (χ1v) is 7.15. The molecule has 0 aliphatic heterocycles. The minimum absolute atomic E-state index is 1.06. The molecular weight excluding hydrogens is 266 g/mol. The lowest BCUT2D eigenvalue weighted by molar-refractivity contribution is 0.288. The summed E-state index contributed by atoms with van der Waals surface area (Å²) in [5, 5.41) is 5.25. The maximum Gasteiger partial charge on any atom is 0.0492 e. The lowest BCUT2D eigenvalue weighted by Gasteiger charge is -2.20. The number of hydrogen-bond donors (Lipinski definition) is 0. The molecule has 0 saturated carbocycles. The largest absolute Gasteiger partial charge is 0.302 e. The van der Waals surface area contributed by atoms with Crippen LogP contribution in [0.25, 0.3) is 0 Å². The summed E-state index contributed by atoms with van der Waals surface area (Å²) < 4.78 is 1.96. The number of alkyl halides is 1. The Labute approximate surface area is 107 Å². The van der Waals surface area contributed by atoms with Crippen molar-refractivity contribution >= 4 is 15.9 Å². The maximum absolute atomic E-state index is 4.19. The van der Waals surface area contributed by atoms with Crippen LogP contribution in [0.15, 0.2) is 12.3 Å². The first kappa shape index (κ1) is 13.7. The first-order chi connectivity index (χ1) is 7.77. The molecule has 0 aliphatic carbocycles. The molecule has 0 spiro atoms. The van der Waals surface area contributed by atoms with Gasteiger partial charge in [-0.3, -0.25) is 4.68 Å². The van der Waals surface area contributed by atoms with Crippen LogP contribution in [-0.2, 0) is 13.5 Å². The van der Waals surface area contributed by atoms with Crippen LogP contribution in [0.4, 0.5) is 0 Å². The van der Waals surface area contributed by atoms with Crippen LogP contribution in [0, 0.1) is 0 Å². The van der Waals surface area contributed by atoms with Crippen LogP contribution in [-0.4, -0.2) is 39.6 Å². The molecule has 0 saturated heterocycles. The van der Waals surface area contributed by atoms with E-state index < -0.39 is 0 Å². The van der Waals surface area contributed by atoms with Crippen molar-refractivity contribution < 1.29 is 0 Å². The Morgan fingerprint density at radius 3 is 2.75 bits per heavy atom. The molecule has 0 N–H and O–H groups in total. The molecule has 0 unspecified atom stereocenters. The highest BCUT2D eigenvalue weighted by Gasteiger charge is 2.05. The second kappa shape index (κ2) is 7.85. The van der Waals surface area contributed by atoms with E-state index in [4.69, 9.17) is 0 Å². The van der Waals surface area contributed by atoms with Gasteiger partial charge in [-0.2, -0.15) is 5.10 Å². The molecular formula is C12H22BrN3. The van der Waals surface area contributed by atoms with Crippen LogP contribution in [0.2, 0.25) is 0 Å². The van der Waals surface area contributed by atoms with Gasteiger partial charge in [-0.1, -0.05) is 29.3 Å². The molecule has 3 nitrogen and oxygen atoms in total. The van der Waals surface area contributed by atoms with Gasteiger partial charge in [0.2, 0.25) is 0 Å². The predicted octanol–water partition coefficient (Wildman–Crippen LogP) is 2.46. The average Bonchev–Trinajstić information content (AvgIpc) is 2.68. The Hall–Kier alpha value is -0.350. The number of aryl methyl sites for hydroxylation is 1. The van der Waals surface area contributed by atoms with Crippen LogP contribution >= 0.6 is 15.9 Å². The van der Waals surface area contributed by atoms with Gasteiger partial charge in [0.25, 0.3) is 0 Å². The molecule has 1 rings (SSSR count). The predicted molar refractivity (Wildman–Crippen MR) is 72.1 cm³/mol. The third kappa shape index (κ3) is 4.66. The summed E-state index contributed by atoms with van der Waals surface area (Å²) in [5.41, 5.74) is 1.32. The van der Waals surface area contributed by atoms with Crippen molar-refractivity contribution in [3.8, 4) is 0 Å². The van der Waals surface area contributed by atoms with Gasteiger partial charge >= 0.3 is 0 Å². The van der Waals surface area contributed by atoms with Crippen molar-refractivity contribution in [2.24, 2.45) is 7.05 Å². The fraction of sp³-hybridized carbons (Fsp3) is 0.750. The summed E-state index contributed by atoms with van der Waals surface area (Å²) in [6, 6.07) is 2.10. The maximum atomic E-state index is 4.19. The molecule has 92 valence electrons. The van der Waals surface area contributed by atoms with Gasteiger partial charge in [0.15, 0.2) is 0 Å². The van der Waals surface area contributed by atoms with E-state index in [1.54, 1.807) is 0 Å². The fourth-order valence-electron chi connectivity index (χ4n) is 1.76. The van der Waals surface area contributed by atoms with E-state index in [-0.39, 0.29) is 0 Å². The van der Waals surface area contributed by atoms with Crippen molar-refractivity contribution in [3.05, 3.63) is 18.0 Å². The monoisotopic (exact) mass is 287 g/mol. The van der Waals surface area contributed by atoms with Gasteiger partial charge in [0.05, 0.1) is 0 Å². The summed E-state index contributed by atoms with van der Waals surface area (Å²) in [6.07, 6.45) is 5.52. The second-order valence-corrected chi connectivity index (χ2v) is 4.87. The minimum atomic E-state index is 1.06. The van der Waals surface area contributed by atoms with Crippen LogP contribution in [0.3, 0.4) is 0 Å². The zero-order valence-corrected chi connectivity index (χ0v) is 11.9. The Kier molecular flexibility index (Phi) is 6.73. The van der Waals surface area contributed by atoms with Crippen LogP contribution < -0.4 is 0 Å². The van der Waals surface area contributed by atoms with Crippen molar-refractivity contribution in [2.45, 2.75) is 26.2 Å². The Morgan fingerprint density at radius 1 is 1.38 bits per heavy atom. The molecule has 0 atom stereocenters. The number of halogens is 1. The normalized spacial score (nSPS) is 11.2. The highest BCUT2D eigenvalue weighted by atomic mass is 79.9. The topological polar surface area (TPSA) is 21.1 Å². The Balaban J connectivity index is 2.34. The molecule has 0 fully saturated rings. The van der Waals surface area contributed by atoms with E-state index in [2.05, 4.69) is 38.9 Å². The van der Waals surface area contributed by atoms with E-state index in [0.29, 0.717) is 0 Å². The van der Waals surface area contributed by atoms with E-state index >= 15 is 0 Å². The molecule has 0 radical (unpaired) electrons. The SMILES string of the molecule is CCCCN(CCBr)CCc1ccnn1C. The Bertz CT molecular complexity index is 286. The molecule has 4 heteroatoms. The number of hydrogen-bond acceptors (Lipinski definition) is 2. The van der Waals surface area contributed by atoms with E-state index in [0.717, 1.165) is 24.8 Å². The fourth-order valence-corrected chi connectivity index (χ4v) is 2.26. The minimum Gasteiger partial charge on any atom is -0.302 e. The van der Waals surface area contributed by atoms with Crippen molar-refractivity contribution in [1.82, 2.24) is 14.7 Å². The first-order valence-electron chi connectivity index (χ1n) is 6.03. The third-order valence-electron chi connectivity index (χ3n) is 2.84. The zero-order chi connectivity index (χ0) is 11.8. The summed E-state index contributed by atoms with van der Waals surface area (Å²) in [4.78, 5) is 2.52. The second-order valence-electron chi connectivity index (χ2n) is 4.08. The van der Waals surface area contributed by atoms with Crippen molar-refractivity contribution in [2.75, 3.05) is 25.0 Å². The molecule has 16 heavy (non-hydrogen) atoms. The standard InChI is InChI=1S/C12H22BrN3/c1-3-4-9-16(11-7-13)10-6-12-5-8-14-15(12)2/h5,8H,3-4,6-7,9-11H2,1-2H3. The molecule has 1 aromatic rings. The van der Waals surface area contributed by atoms with E-state index in [1.165, 1.54) is 25.1 Å². The van der Waals surface area contributed by atoms with Gasteiger partial charge in [-0.15, -0.1) is 0 Å². The number of nitrogens with zero attached hydrogens (tertiary/aromatic N) is 3. The molecule has 0 aliphatic rings. The highest BCUT2D eigenvalue weighted by molar-refractivity contribution is 9.09. The molecule has 0 amide bonds. The summed E-state index contributed by atoms with van der Waals surface area (Å²) >= 11 is 3.52. The number of unbranched alkanes of at least 4 members (excludes halogenated alkanes) is 1.